The summed E-state index contributed by atoms with van der Waals surface area (Å²) in [7, 11) is 0. The standard InChI is InChI=1S/C31H31N5O4.C26H23N5O4/c1-18-26(19(2)40-35-18)21-14-24(31(38,22-8-6-12-32-16-22)23-9-7-13-33-17-23)27-25(15-21)36(28(34-27)20-10-11-20)29(37)39-30(3,4)5;1-15-23(16(2)35-29-15)18-11-21(24-22(12-18)27-25(28-24)17-7-8-17)26(32,19-5-3-9-30(33)13-19)20-6-4-10-31(34)14-20/h6-9,12-17,20,38H,10-11H2,1-5H3;3-6,9-14,17,32H,7-8H2,1-2H3,(H,27,28). The van der Waals surface area contributed by atoms with E-state index in [1.807, 2.05) is 84.9 Å². The van der Waals surface area contributed by atoms with E-state index in [4.69, 9.17) is 23.8 Å². The number of aryl methyl sites for hydroxylation is 4. The Morgan fingerprint density at radius 2 is 1.20 bits per heavy atom. The molecule has 2 aliphatic rings. The van der Waals surface area contributed by atoms with Gasteiger partial charge in [0.2, 0.25) is 0 Å². The predicted molar refractivity (Wildman–Crippen MR) is 275 cm³/mol. The van der Waals surface area contributed by atoms with Gasteiger partial charge in [-0.15, -0.1) is 0 Å². The van der Waals surface area contributed by atoms with E-state index in [0.717, 1.165) is 59.3 Å². The van der Waals surface area contributed by atoms with E-state index in [2.05, 4.69) is 25.3 Å². The van der Waals surface area contributed by atoms with Gasteiger partial charge in [-0.05, 0) is 134 Å². The maximum absolute atomic E-state index is 13.7. The van der Waals surface area contributed by atoms with Gasteiger partial charge in [0.1, 0.15) is 34.4 Å². The first kappa shape index (κ1) is 48.6. The van der Waals surface area contributed by atoms with E-state index < -0.39 is 22.9 Å². The van der Waals surface area contributed by atoms with Gasteiger partial charge >= 0.3 is 6.09 Å². The second-order valence-corrected chi connectivity index (χ2v) is 20.5. The summed E-state index contributed by atoms with van der Waals surface area (Å²) in [5.74, 6) is 3.24. The van der Waals surface area contributed by atoms with Gasteiger partial charge in [-0.25, -0.2) is 19.3 Å². The molecule has 18 nitrogen and oxygen atoms in total. The van der Waals surface area contributed by atoms with Crippen LogP contribution in [0.15, 0.2) is 131 Å². The lowest BCUT2D eigenvalue weighted by Gasteiger charge is -2.30. The van der Waals surface area contributed by atoms with Crippen molar-refractivity contribution in [1.29, 1.82) is 0 Å². The molecular weight excluding hydrogens is 953 g/mol. The van der Waals surface area contributed by atoms with Crippen molar-refractivity contribution in [2.75, 3.05) is 0 Å². The number of carbonyl (C=O) groups is 1. The van der Waals surface area contributed by atoms with Crippen LogP contribution in [0.1, 0.15) is 126 Å². The number of aromatic amines is 1. The molecule has 0 aliphatic heterocycles. The van der Waals surface area contributed by atoms with Crippen LogP contribution in [0.2, 0.25) is 0 Å². The minimum Gasteiger partial charge on any atom is -0.619 e. The lowest BCUT2D eigenvalue weighted by Crippen LogP contribution is -2.37. The number of benzene rings is 2. The van der Waals surface area contributed by atoms with Gasteiger partial charge in [0.25, 0.3) is 0 Å². The summed E-state index contributed by atoms with van der Waals surface area (Å²) in [4.78, 5) is 35.7. The number of ether oxygens (including phenoxy) is 1. The number of imidazole rings is 2. The van der Waals surface area contributed by atoms with Crippen LogP contribution in [0.3, 0.4) is 0 Å². The minimum atomic E-state index is -1.84. The fraction of sp³-hybridized carbons (Fsp3) is 0.281. The molecule has 0 bridgehead atoms. The summed E-state index contributed by atoms with van der Waals surface area (Å²) in [6.45, 7) is 12.9. The summed E-state index contributed by atoms with van der Waals surface area (Å²) in [6.07, 6.45) is 15.3. The summed E-state index contributed by atoms with van der Waals surface area (Å²) in [6, 6.07) is 21.3. The van der Waals surface area contributed by atoms with Crippen molar-refractivity contribution in [2.24, 2.45) is 0 Å². The molecule has 0 amide bonds. The number of carbonyl (C=O) groups excluding carboxylic acids is 1. The summed E-state index contributed by atoms with van der Waals surface area (Å²) in [5.41, 5.74) is 5.30. The average molecular weight is 1010 g/mol. The minimum absolute atomic E-state index is 0.125. The fourth-order valence-electron chi connectivity index (χ4n) is 10.1. The summed E-state index contributed by atoms with van der Waals surface area (Å²) in [5, 5.41) is 58.1. The monoisotopic (exact) mass is 1010 g/mol. The molecule has 0 unspecified atom stereocenters. The number of hydrogen-bond donors (Lipinski definition) is 3. The maximum atomic E-state index is 13.7. The van der Waals surface area contributed by atoms with Gasteiger partial charge in [-0.2, -0.15) is 9.46 Å². The maximum Gasteiger partial charge on any atom is 0.420 e. The Labute approximate surface area is 430 Å². The number of pyridine rings is 4. The Hall–Kier alpha value is -8.61. The van der Waals surface area contributed by atoms with Crippen molar-refractivity contribution in [1.82, 2.24) is 39.8 Å². The topological polar surface area (TPSA) is 245 Å². The van der Waals surface area contributed by atoms with Gasteiger partial charge in [-0.1, -0.05) is 22.4 Å². The molecule has 12 rings (SSSR count). The first-order valence-electron chi connectivity index (χ1n) is 24.8. The fourth-order valence-corrected chi connectivity index (χ4v) is 10.1. The molecule has 0 saturated heterocycles. The third-order valence-corrected chi connectivity index (χ3v) is 13.8. The zero-order valence-corrected chi connectivity index (χ0v) is 42.4. The van der Waals surface area contributed by atoms with Gasteiger partial charge in [0.15, 0.2) is 30.4 Å². The molecule has 380 valence electrons. The molecule has 8 heterocycles. The SMILES string of the molecule is Cc1noc(C)c1-c1cc(C(O)(c2ccc[n+]([O-])c2)c2ccc[n+]([O-])c2)c2nc(C3CC3)[nH]c2c1.Cc1noc(C)c1-c1cc(C(O)(c2cccnc2)c2cccnc2)c2nc(C3CC3)n(C(=O)OC(C)(C)C)c2c1. The number of H-pyrrole nitrogens is 1. The third kappa shape index (κ3) is 8.84. The quantitative estimate of drug-likeness (QED) is 0.0854. The van der Waals surface area contributed by atoms with Crippen molar-refractivity contribution in [3.8, 4) is 22.3 Å². The third-order valence-electron chi connectivity index (χ3n) is 13.8. The Balaban J connectivity index is 0.000000162. The van der Waals surface area contributed by atoms with Crippen LogP contribution in [0, 0.1) is 38.1 Å². The van der Waals surface area contributed by atoms with Crippen molar-refractivity contribution in [2.45, 2.75) is 103 Å². The van der Waals surface area contributed by atoms with Gasteiger partial charge in [0.05, 0.1) is 44.6 Å². The van der Waals surface area contributed by atoms with Crippen LogP contribution in [-0.4, -0.2) is 61.7 Å². The van der Waals surface area contributed by atoms with Crippen LogP contribution in [0.5, 0.6) is 0 Å². The number of nitrogens with zero attached hydrogens (tertiary/aromatic N) is 9. The highest BCUT2D eigenvalue weighted by molar-refractivity contribution is 5.94. The number of nitrogens with one attached hydrogen (secondary N) is 1. The molecule has 3 N–H and O–H groups in total. The molecule has 0 atom stereocenters. The molecule has 0 radical (unpaired) electrons. The Morgan fingerprint density at radius 3 is 1.67 bits per heavy atom. The Kier molecular flexibility index (Phi) is 11.9. The molecule has 2 aromatic carbocycles. The molecule has 0 spiro atoms. The summed E-state index contributed by atoms with van der Waals surface area (Å²) >= 11 is 0. The van der Waals surface area contributed by atoms with Crippen molar-refractivity contribution in [3.05, 3.63) is 201 Å². The molecule has 10 aromatic rings. The van der Waals surface area contributed by atoms with Gasteiger partial charge in [0, 0.05) is 82.1 Å². The normalized spacial score (nSPS) is 14.0. The van der Waals surface area contributed by atoms with Gasteiger partial charge in [-0.3, -0.25) is 9.97 Å². The van der Waals surface area contributed by atoms with Crippen LogP contribution in [0.4, 0.5) is 4.79 Å². The Bertz CT molecular complexity index is 3670. The van der Waals surface area contributed by atoms with Crippen LogP contribution in [0.25, 0.3) is 44.3 Å². The molecular formula is C57H54N10O8. The van der Waals surface area contributed by atoms with Crippen LogP contribution >= 0.6 is 0 Å². The highest BCUT2D eigenvalue weighted by Gasteiger charge is 2.43. The van der Waals surface area contributed by atoms with E-state index in [1.54, 1.807) is 65.8 Å². The number of aromatic nitrogens is 10. The molecule has 75 heavy (non-hydrogen) atoms. The number of hydrogen-bond acceptors (Lipinski definition) is 14. The molecule has 2 saturated carbocycles. The highest BCUT2D eigenvalue weighted by Crippen LogP contribution is 2.48. The average Bonchev–Trinajstić information content (AvgIpc) is 4.29. The molecule has 2 aliphatic carbocycles. The van der Waals surface area contributed by atoms with Crippen LogP contribution < -0.4 is 9.46 Å². The van der Waals surface area contributed by atoms with Crippen molar-refractivity contribution in [3.63, 3.8) is 0 Å². The smallest absolute Gasteiger partial charge is 0.420 e. The highest BCUT2D eigenvalue weighted by atomic mass is 16.6. The van der Waals surface area contributed by atoms with Gasteiger partial charge < -0.3 is 39.4 Å². The summed E-state index contributed by atoms with van der Waals surface area (Å²) < 4.78 is 19.6. The number of fused-ring (bicyclic) bond motifs is 2. The predicted octanol–water partition coefficient (Wildman–Crippen LogP) is 9.31. The number of aliphatic hydroxyl groups is 2. The lowest BCUT2D eigenvalue weighted by atomic mass is 9.80. The molecule has 8 aromatic heterocycles. The number of rotatable bonds is 10. The lowest BCUT2D eigenvalue weighted by molar-refractivity contribution is -0.607. The second kappa shape index (κ2) is 18.4. The van der Waals surface area contributed by atoms with E-state index in [1.165, 1.54) is 24.8 Å². The first-order valence-corrected chi connectivity index (χ1v) is 24.8. The Morgan fingerprint density at radius 1 is 0.693 bits per heavy atom. The van der Waals surface area contributed by atoms with Crippen LogP contribution in [-0.2, 0) is 15.9 Å². The van der Waals surface area contributed by atoms with Crippen molar-refractivity contribution < 1.29 is 38.3 Å². The molecule has 2 fully saturated rings. The van der Waals surface area contributed by atoms with Crippen molar-refractivity contribution >= 4 is 28.2 Å². The second-order valence-electron chi connectivity index (χ2n) is 20.5. The van der Waals surface area contributed by atoms with E-state index >= 15 is 0 Å². The zero-order valence-electron chi connectivity index (χ0n) is 42.4. The molecule has 18 heteroatoms. The van der Waals surface area contributed by atoms with E-state index in [0.29, 0.717) is 94.0 Å². The van der Waals surface area contributed by atoms with E-state index in [9.17, 15) is 25.4 Å². The zero-order chi connectivity index (χ0) is 52.6. The first-order chi connectivity index (χ1) is 35.9. The van der Waals surface area contributed by atoms with E-state index in [-0.39, 0.29) is 5.92 Å². The largest absolute Gasteiger partial charge is 0.619 e.